The van der Waals surface area contributed by atoms with Gasteiger partial charge in [-0.15, -0.1) is 0 Å². The van der Waals surface area contributed by atoms with E-state index in [4.69, 9.17) is 14.2 Å². The highest BCUT2D eigenvalue weighted by Gasteiger charge is 2.40. The van der Waals surface area contributed by atoms with E-state index in [0.717, 1.165) is 32.7 Å². The number of carbonyl (C=O) groups is 7. The van der Waals surface area contributed by atoms with Gasteiger partial charge in [-0.2, -0.15) is 0 Å². The van der Waals surface area contributed by atoms with Crippen LogP contribution in [-0.4, -0.2) is 113 Å². The van der Waals surface area contributed by atoms with Gasteiger partial charge in [0.05, 0.1) is 19.6 Å². The number of esters is 1. The van der Waals surface area contributed by atoms with Gasteiger partial charge in [-0.25, -0.2) is 9.59 Å². The zero-order valence-corrected chi connectivity index (χ0v) is 37.4. The molecule has 2 aliphatic rings. The van der Waals surface area contributed by atoms with Crippen molar-refractivity contribution in [2.24, 2.45) is 5.92 Å². The number of ether oxygens (including phenoxy) is 3. The van der Waals surface area contributed by atoms with Crippen LogP contribution >= 0.6 is 0 Å². The number of benzene rings is 4. The first kappa shape index (κ1) is 49.3. The van der Waals surface area contributed by atoms with Crippen LogP contribution < -0.4 is 21.3 Å². The topological polar surface area (TPSA) is 239 Å². The molecule has 1 heterocycles. The molecule has 1 aliphatic heterocycles. The molecule has 17 heteroatoms. The van der Waals surface area contributed by atoms with E-state index in [1.165, 1.54) is 0 Å². The number of aliphatic hydroxyl groups excluding tert-OH is 1. The Morgan fingerprint density at radius 3 is 1.84 bits per heavy atom. The third-order valence-electron chi connectivity index (χ3n) is 11.7. The molecule has 5 amide bonds. The van der Waals surface area contributed by atoms with Crippen LogP contribution in [0, 0.1) is 5.92 Å². The largest absolute Gasteiger partial charge is 0.480 e. The summed E-state index contributed by atoms with van der Waals surface area (Å²) in [5.74, 6) is -6.39. The van der Waals surface area contributed by atoms with Crippen molar-refractivity contribution in [1.82, 2.24) is 26.2 Å². The molecule has 4 aromatic carbocycles. The smallest absolute Gasteiger partial charge is 0.407 e. The molecule has 6 rings (SSSR count). The van der Waals surface area contributed by atoms with E-state index in [1.54, 1.807) is 68.4 Å². The first-order chi connectivity index (χ1) is 32.3. The minimum absolute atomic E-state index is 0.0363. The molecule has 4 aromatic rings. The molecule has 1 aliphatic carbocycles. The Bertz CT molecular complexity index is 2320. The van der Waals surface area contributed by atoms with Gasteiger partial charge in [0.1, 0.15) is 43.4 Å². The third kappa shape index (κ3) is 13.3. The summed E-state index contributed by atoms with van der Waals surface area (Å²) in [5, 5.41) is 30.0. The van der Waals surface area contributed by atoms with E-state index in [-0.39, 0.29) is 51.7 Å². The Hall–Kier alpha value is -7.11. The van der Waals surface area contributed by atoms with Gasteiger partial charge < -0.3 is 50.6 Å². The Morgan fingerprint density at radius 2 is 1.24 bits per heavy atom. The molecular weight excluding hydrogens is 863 g/mol. The molecule has 0 radical (unpaired) electrons. The molecular formula is C50H57N5O12. The number of nitrogens with one attached hydrogen (secondary N) is 4. The van der Waals surface area contributed by atoms with E-state index in [0.29, 0.717) is 12.0 Å². The second-order valence-corrected chi connectivity index (χ2v) is 16.8. The molecule has 5 atom stereocenters. The van der Waals surface area contributed by atoms with Gasteiger partial charge in [0.15, 0.2) is 0 Å². The van der Waals surface area contributed by atoms with Crippen molar-refractivity contribution in [3.8, 4) is 11.1 Å². The van der Waals surface area contributed by atoms with Crippen LogP contribution in [0.5, 0.6) is 0 Å². The normalized spacial score (nSPS) is 15.8. The summed E-state index contributed by atoms with van der Waals surface area (Å²) < 4.78 is 16.9. The molecule has 6 N–H and O–H groups in total. The van der Waals surface area contributed by atoms with Crippen LogP contribution in [0.4, 0.5) is 4.79 Å². The van der Waals surface area contributed by atoms with E-state index in [1.807, 2.05) is 54.6 Å². The molecule has 0 bridgehead atoms. The predicted octanol–water partition coefficient (Wildman–Crippen LogP) is 3.81. The SMILES string of the molecule is CC(C)[C@H](NC(=O)[C@H](CCO)NC(=O)OCC1c2ccccc2-c2ccccc21)C(=O)N[C@@H](CC(=O)OCc1ccccc1)C(=O)N[C@@H](COCc1ccccc1)C(=O)N1CCC[C@H]1C(=O)O. The zero-order valence-electron chi connectivity index (χ0n) is 37.4. The lowest BCUT2D eigenvalue weighted by Gasteiger charge is -2.29. The maximum atomic E-state index is 14.2. The Balaban J connectivity index is 1.15. The lowest BCUT2D eigenvalue weighted by molar-refractivity contribution is -0.151. The lowest BCUT2D eigenvalue weighted by Crippen LogP contribution is -2.60. The fourth-order valence-electron chi connectivity index (χ4n) is 8.21. The summed E-state index contributed by atoms with van der Waals surface area (Å²) in [7, 11) is 0. The Kier molecular flexibility index (Phi) is 17.6. The lowest BCUT2D eigenvalue weighted by atomic mass is 9.98. The molecule has 0 unspecified atom stereocenters. The van der Waals surface area contributed by atoms with E-state index >= 15 is 0 Å². The van der Waals surface area contributed by atoms with Crippen molar-refractivity contribution in [3.05, 3.63) is 131 Å². The third-order valence-corrected chi connectivity index (χ3v) is 11.7. The highest BCUT2D eigenvalue weighted by Crippen LogP contribution is 2.44. The molecule has 17 nitrogen and oxygen atoms in total. The molecule has 354 valence electrons. The van der Waals surface area contributed by atoms with Crippen LogP contribution in [0.2, 0.25) is 0 Å². The maximum Gasteiger partial charge on any atom is 0.407 e. The average Bonchev–Trinajstić information content (AvgIpc) is 3.95. The van der Waals surface area contributed by atoms with E-state index in [2.05, 4.69) is 21.3 Å². The number of carbonyl (C=O) groups excluding carboxylic acids is 6. The number of amides is 5. The summed E-state index contributed by atoms with van der Waals surface area (Å²) >= 11 is 0. The van der Waals surface area contributed by atoms with Crippen molar-refractivity contribution in [3.63, 3.8) is 0 Å². The Morgan fingerprint density at radius 1 is 0.672 bits per heavy atom. The van der Waals surface area contributed by atoms with E-state index < -0.39 is 90.8 Å². The summed E-state index contributed by atoms with van der Waals surface area (Å²) in [6.07, 6.45) is -1.23. The van der Waals surface area contributed by atoms with Crippen molar-refractivity contribution >= 4 is 41.7 Å². The van der Waals surface area contributed by atoms with Crippen LogP contribution in [0.15, 0.2) is 109 Å². The number of carboxylic acid groups (broad SMARTS) is 1. The van der Waals surface area contributed by atoms with Gasteiger partial charge in [-0.1, -0.05) is 123 Å². The number of aliphatic hydroxyl groups is 1. The molecule has 1 fully saturated rings. The van der Waals surface area contributed by atoms with Crippen LogP contribution in [0.25, 0.3) is 11.1 Å². The number of aliphatic carboxylic acids is 1. The van der Waals surface area contributed by atoms with Crippen LogP contribution in [0.1, 0.15) is 67.7 Å². The van der Waals surface area contributed by atoms with Crippen molar-refractivity contribution in [2.45, 2.75) is 88.9 Å². The molecule has 1 saturated heterocycles. The van der Waals surface area contributed by atoms with Gasteiger partial charge in [0.25, 0.3) is 0 Å². The number of rotatable bonds is 22. The number of fused-ring (bicyclic) bond motifs is 3. The minimum Gasteiger partial charge on any atom is -0.480 e. The first-order valence-corrected chi connectivity index (χ1v) is 22.3. The summed E-state index contributed by atoms with van der Waals surface area (Å²) in [6.45, 7) is 2.36. The monoisotopic (exact) mass is 919 g/mol. The molecule has 0 spiro atoms. The highest BCUT2D eigenvalue weighted by atomic mass is 16.5. The number of likely N-dealkylation sites (tertiary alicyclic amines) is 1. The van der Waals surface area contributed by atoms with Crippen LogP contribution in [-0.2, 0) is 56.2 Å². The van der Waals surface area contributed by atoms with Crippen LogP contribution in [0.3, 0.4) is 0 Å². The van der Waals surface area contributed by atoms with Gasteiger partial charge in [-0.3, -0.25) is 24.0 Å². The Labute approximate surface area is 388 Å². The standard InChI is InChI=1S/C50H57N5O12/c1-31(2)44(54-45(58)39(23-25-56)53-50(64)67-29-38-36-20-11-9-18-34(36)35-19-10-12-21-37(35)38)47(60)51-40(26-43(57)66-28-33-16-7-4-8-17-33)46(59)52-41(30-65-27-32-14-5-3-6-15-32)48(61)55-24-13-22-42(55)49(62)63/h3-12,14-21,31,38-42,44,56H,13,22-30H2,1-2H3,(H,51,60)(H,52,59)(H,53,64)(H,54,58)(H,62,63)/t39-,40-,41-,42-,44-/m0/s1. The fourth-order valence-corrected chi connectivity index (χ4v) is 8.21. The zero-order chi connectivity index (χ0) is 47.9. The average molecular weight is 920 g/mol. The molecule has 0 aromatic heterocycles. The summed E-state index contributed by atoms with van der Waals surface area (Å²) in [6, 6.07) is 26.5. The van der Waals surface area contributed by atoms with Gasteiger partial charge >= 0.3 is 18.0 Å². The first-order valence-electron chi connectivity index (χ1n) is 22.3. The quantitative estimate of drug-likeness (QED) is 0.0618. The second kappa shape index (κ2) is 23.9. The van der Waals surface area contributed by atoms with Gasteiger partial charge in [0.2, 0.25) is 23.6 Å². The predicted molar refractivity (Wildman–Crippen MR) is 244 cm³/mol. The number of carboxylic acids is 1. The number of alkyl carbamates (subject to hydrolysis) is 1. The molecule has 0 saturated carbocycles. The molecule has 67 heavy (non-hydrogen) atoms. The number of hydrogen-bond acceptors (Lipinski definition) is 11. The van der Waals surface area contributed by atoms with Crippen molar-refractivity contribution < 1.29 is 58.0 Å². The summed E-state index contributed by atoms with van der Waals surface area (Å²) in [5.41, 5.74) is 5.47. The maximum absolute atomic E-state index is 14.2. The van der Waals surface area contributed by atoms with Crippen molar-refractivity contribution in [2.75, 3.05) is 26.4 Å². The number of nitrogens with zero attached hydrogens (tertiary/aromatic N) is 1. The van der Waals surface area contributed by atoms with Crippen molar-refractivity contribution in [1.29, 1.82) is 0 Å². The van der Waals surface area contributed by atoms with Gasteiger partial charge in [0, 0.05) is 19.1 Å². The fraction of sp³-hybridized carbons (Fsp3) is 0.380. The minimum atomic E-state index is -1.67. The number of hydrogen-bond donors (Lipinski definition) is 6. The summed E-state index contributed by atoms with van der Waals surface area (Å²) in [4.78, 5) is 95.9. The van der Waals surface area contributed by atoms with E-state index in [9.17, 15) is 43.8 Å². The highest BCUT2D eigenvalue weighted by molar-refractivity contribution is 5.97. The second-order valence-electron chi connectivity index (χ2n) is 16.8. The van der Waals surface area contributed by atoms with Gasteiger partial charge in [-0.05, 0) is 58.6 Å².